The molecule has 0 saturated heterocycles. The zero-order valence-electron chi connectivity index (χ0n) is 23.8. The minimum absolute atomic E-state index is 0.241. The number of rotatable bonds is 9. The summed E-state index contributed by atoms with van der Waals surface area (Å²) in [5.41, 5.74) is 2.78. The van der Waals surface area contributed by atoms with Gasteiger partial charge in [-0.1, -0.05) is 53.8 Å². The lowest BCUT2D eigenvalue weighted by molar-refractivity contribution is -0.143. The standard InChI is InChI=1S/C33H31FN2O5S/c1-5-39-26-16-12-23(13-17-26)30-29(32(38)41-20(2)3)21(4)35-33-36(30)31(37)28(42-33)18-24-8-6-7-9-27(24)40-19-22-10-14-25(34)15-11-22/h6-18,20,30H,5,19H2,1-4H3/b28-18+/t30-/m1/s1. The molecule has 1 aliphatic rings. The van der Waals surface area contributed by atoms with Gasteiger partial charge in [-0.2, -0.15) is 0 Å². The van der Waals surface area contributed by atoms with Crippen LogP contribution in [0.2, 0.25) is 0 Å². The van der Waals surface area contributed by atoms with E-state index in [2.05, 4.69) is 4.99 Å². The van der Waals surface area contributed by atoms with Crippen molar-refractivity contribution in [2.45, 2.75) is 46.4 Å². The van der Waals surface area contributed by atoms with E-state index < -0.39 is 12.0 Å². The Morgan fingerprint density at radius 2 is 1.76 bits per heavy atom. The third kappa shape index (κ3) is 6.21. The van der Waals surface area contributed by atoms with Crippen LogP contribution in [0.3, 0.4) is 0 Å². The van der Waals surface area contributed by atoms with Crippen LogP contribution >= 0.6 is 11.3 Å². The summed E-state index contributed by atoms with van der Waals surface area (Å²) in [5, 5.41) is 0. The number of thiazole rings is 1. The molecule has 0 amide bonds. The van der Waals surface area contributed by atoms with Crippen molar-refractivity contribution in [1.82, 2.24) is 4.57 Å². The molecule has 0 bridgehead atoms. The van der Waals surface area contributed by atoms with E-state index in [0.29, 0.717) is 44.3 Å². The summed E-state index contributed by atoms with van der Waals surface area (Å²) < 4.78 is 32.5. The minimum Gasteiger partial charge on any atom is -0.494 e. The van der Waals surface area contributed by atoms with Crippen molar-refractivity contribution in [2.75, 3.05) is 6.61 Å². The van der Waals surface area contributed by atoms with Gasteiger partial charge in [0.2, 0.25) is 0 Å². The minimum atomic E-state index is -0.727. The van der Waals surface area contributed by atoms with Crippen LogP contribution in [0.5, 0.6) is 11.5 Å². The summed E-state index contributed by atoms with van der Waals surface area (Å²) in [6.07, 6.45) is 1.43. The fourth-order valence-electron chi connectivity index (χ4n) is 4.70. The number of allylic oxidation sites excluding steroid dienone is 1. The second-order valence-electron chi connectivity index (χ2n) is 9.99. The van der Waals surface area contributed by atoms with Gasteiger partial charge >= 0.3 is 5.97 Å². The van der Waals surface area contributed by atoms with E-state index in [1.165, 1.54) is 23.5 Å². The molecule has 4 aromatic rings. The Kier molecular flexibility index (Phi) is 8.68. The molecule has 1 aromatic heterocycles. The highest BCUT2D eigenvalue weighted by atomic mass is 32.1. The normalized spacial score (nSPS) is 14.9. The van der Waals surface area contributed by atoms with Gasteiger partial charge < -0.3 is 14.2 Å². The topological polar surface area (TPSA) is 79.1 Å². The van der Waals surface area contributed by atoms with Crippen LogP contribution in [0.15, 0.2) is 93.9 Å². The van der Waals surface area contributed by atoms with Crippen LogP contribution in [0, 0.1) is 5.82 Å². The van der Waals surface area contributed by atoms with Gasteiger partial charge in [0.1, 0.15) is 23.9 Å². The molecule has 9 heteroatoms. The van der Waals surface area contributed by atoms with Crippen molar-refractivity contribution in [2.24, 2.45) is 4.99 Å². The van der Waals surface area contributed by atoms with E-state index in [4.69, 9.17) is 14.2 Å². The van der Waals surface area contributed by atoms with Crippen LogP contribution in [-0.2, 0) is 16.1 Å². The Hall–Kier alpha value is -4.50. The largest absolute Gasteiger partial charge is 0.494 e. The second kappa shape index (κ2) is 12.6. The van der Waals surface area contributed by atoms with E-state index in [1.54, 1.807) is 43.5 Å². The number of hydrogen-bond acceptors (Lipinski definition) is 7. The van der Waals surface area contributed by atoms with Crippen LogP contribution in [-0.4, -0.2) is 23.2 Å². The number of ether oxygens (including phenoxy) is 3. The van der Waals surface area contributed by atoms with E-state index >= 15 is 0 Å². The Morgan fingerprint density at radius 3 is 2.45 bits per heavy atom. The number of carbonyl (C=O) groups excluding carboxylic acids is 1. The van der Waals surface area contributed by atoms with Gasteiger partial charge in [0.05, 0.1) is 34.6 Å². The quantitative estimate of drug-likeness (QED) is 0.249. The van der Waals surface area contributed by atoms with Crippen molar-refractivity contribution < 1.29 is 23.4 Å². The summed E-state index contributed by atoms with van der Waals surface area (Å²) in [6, 6.07) is 20.1. The maximum absolute atomic E-state index is 14.0. The van der Waals surface area contributed by atoms with E-state index in [-0.39, 0.29) is 24.1 Å². The van der Waals surface area contributed by atoms with E-state index in [9.17, 15) is 14.0 Å². The molecule has 0 aliphatic carbocycles. The highest BCUT2D eigenvalue weighted by Gasteiger charge is 2.33. The van der Waals surface area contributed by atoms with Crippen molar-refractivity contribution in [3.8, 4) is 11.5 Å². The predicted molar refractivity (Wildman–Crippen MR) is 160 cm³/mol. The molecular formula is C33H31FN2O5S. The van der Waals surface area contributed by atoms with Crippen molar-refractivity contribution in [3.63, 3.8) is 0 Å². The lowest BCUT2D eigenvalue weighted by Gasteiger charge is -2.25. The Morgan fingerprint density at radius 1 is 1.05 bits per heavy atom. The first-order valence-corrected chi connectivity index (χ1v) is 14.5. The van der Waals surface area contributed by atoms with Crippen LogP contribution < -0.4 is 24.4 Å². The van der Waals surface area contributed by atoms with E-state index in [1.807, 2.05) is 55.5 Å². The third-order valence-corrected chi connectivity index (χ3v) is 7.59. The Bertz CT molecular complexity index is 1800. The SMILES string of the molecule is CCOc1ccc([C@@H]2C(C(=O)OC(C)C)=C(C)N=c3s/c(=C/c4ccccc4OCc4ccc(F)cc4)c(=O)n32)cc1. The van der Waals surface area contributed by atoms with Crippen LogP contribution in [0.25, 0.3) is 6.08 Å². The molecule has 42 heavy (non-hydrogen) atoms. The fraction of sp³-hybridized carbons (Fsp3) is 0.242. The van der Waals surface area contributed by atoms with Gasteiger partial charge in [-0.05, 0) is 75.2 Å². The highest BCUT2D eigenvalue weighted by molar-refractivity contribution is 7.07. The van der Waals surface area contributed by atoms with E-state index in [0.717, 1.165) is 11.1 Å². The highest BCUT2D eigenvalue weighted by Crippen LogP contribution is 2.32. The number of carbonyl (C=O) groups is 1. The van der Waals surface area contributed by atoms with Crippen LogP contribution in [0.4, 0.5) is 4.39 Å². The maximum atomic E-state index is 14.0. The molecule has 0 unspecified atom stereocenters. The monoisotopic (exact) mass is 586 g/mol. The number of benzene rings is 3. The molecule has 1 aliphatic heterocycles. The number of halogens is 1. The summed E-state index contributed by atoms with van der Waals surface area (Å²) in [4.78, 5) is 32.5. The number of nitrogens with zero attached hydrogens (tertiary/aromatic N) is 2. The number of para-hydroxylation sites is 1. The average Bonchev–Trinajstić information content (AvgIpc) is 3.27. The molecule has 216 valence electrons. The number of hydrogen-bond donors (Lipinski definition) is 0. The zero-order valence-corrected chi connectivity index (χ0v) is 24.6. The molecule has 7 nitrogen and oxygen atoms in total. The smallest absolute Gasteiger partial charge is 0.338 e. The first kappa shape index (κ1) is 29.0. The van der Waals surface area contributed by atoms with Gasteiger partial charge in [-0.15, -0.1) is 0 Å². The van der Waals surface area contributed by atoms with Gasteiger partial charge in [-0.25, -0.2) is 14.2 Å². The van der Waals surface area contributed by atoms with Gasteiger partial charge in [0.15, 0.2) is 4.80 Å². The third-order valence-electron chi connectivity index (χ3n) is 6.60. The van der Waals surface area contributed by atoms with Crippen LogP contribution in [0.1, 0.15) is 50.4 Å². The number of fused-ring (bicyclic) bond motifs is 1. The second-order valence-corrected chi connectivity index (χ2v) is 11.0. The van der Waals surface area contributed by atoms with Gasteiger partial charge in [0.25, 0.3) is 5.56 Å². The number of aromatic nitrogens is 1. The molecule has 1 atom stereocenters. The lowest BCUT2D eigenvalue weighted by Crippen LogP contribution is -2.40. The molecule has 3 aromatic carbocycles. The van der Waals surface area contributed by atoms with Crippen molar-refractivity contribution in [1.29, 1.82) is 0 Å². The summed E-state index contributed by atoms with van der Waals surface area (Å²) in [6.45, 7) is 7.99. The molecule has 5 rings (SSSR count). The average molecular weight is 587 g/mol. The summed E-state index contributed by atoms with van der Waals surface area (Å²) in [5.74, 6) is 0.443. The fourth-order valence-corrected chi connectivity index (χ4v) is 5.74. The maximum Gasteiger partial charge on any atom is 0.338 e. The first-order valence-electron chi connectivity index (χ1n) is 13.7. The Labute approximate surface area is 246 Å². The summed E-state index contributed by atoms with van der Waals surface area (Å²) >= 11 is 1.24. The molecule has 0 fully saturated rings. The zero-order chi connectivity index (χ0) is 29.8. The molecule has 0 spiro atoms. The van der Waals surface area contributed by atoms with Crippen molar-refractivity contribution >= 4 is 23.4 Å². The molecular weight excluding hydrogens is 555 g/mol. The molecule has 2 heterocycles. The van der Waals surface area contributed by atoms with Gasteiger partial charge in [-0.3, -0.25) is 9.36 Å². The van der Waals surface area contributed by atoms with Crippen molar-refractivity contribution in [3.05, 3.63) is 126 Å². The van der Waals surface area contributed by atoms with Gasteiger partial charge in [0, 0.05) is 5.56 Å². The summed E-state index contributed by atoms with van der Waals surface area (Å²) in [7, 11) is 0. The Balaban J connectivity index is 1.58. The molecule has 0 radical (unpaired) electrons. The molecule has 0 N–H and O–H groups in total. The number of esters is 1. The lowest BCUT2D eigenvalue weighted by atomic mass is 9.96. The molecule has 0 saturated carbocycles. The predicted octanol–water partition coefficient (Wildman–Crippen LogP) is 5.30. The first-order chi connectivity index (χ1) is 20.2.